The molecule has 0 spiro atoms. The summed E-state index contributed by atoms with van der Waals surface area (Å²) in [6.45, 7) is 0.263. The van der Waals surface area contributed by atoms with E-state index < -0.39 is 11.5 Å². The number of hydrogen-bond donors (Lipinski definition) is 3. The number of fused-ring (bicyclic) bond motifs is 1. The average Bonchev–Trinajstić information content (AvgIpc) is 2.60. The molecule has 1 aliphatic carbocycles. The second-order valence-corrected chi connectivity index (χ2v) is 5.87. The summed E-state index contributed by atoms with van der Waals surface area (Å²) in [7, 11) is 1.59. The van der Waals surface area contributed by atoms with E-state index in [9.17, 15) is 14.7 Å². The first-order valence-corrected chi connectivity index (χ1v) is 7.98. The highest BCUT2D eigenvalue weighted by atomic mass is 16.5. The van der Waals surface area contributed by atoms with E-state index in [0.717, 1.165) is 36.3 Å². The number of aromatic nitrogens is 1. The van der Waals surface area contributed by atoms with Crippen LogP contribution in [0.3, 0.4) is 0 Å². The maximum absolute atomic E-state index is 12.4. The van der Waals surface area contributed by atoms with Crippen LogP contribution in [0.1, 0.15) is 40.0 Å². The molecule has 0 atom stereocenters. The zero-order valence-corrected chi connectivity index (χ0v) is 13.5. The number of hydrogen-bond acceptors (Lipinski definition) is 4. The van der Waals surface area contributed by atoms with Gasteiger partial charge in [0.15, 0.2) is 0 Å². The minimum atomic E-state index is -0.571. The summed E-state index contributed by atoms with van der Waals surface area (Å²) in [5.74, 6) is -0.0209. The second-order valence-electron chi connectivity index (χ2n) is 5.87. The Labute approximate surface area is 139 Å². The molecule has 3 N–H and O–H groups in total. The molecule has 126 valence electrons. The number of methoxy groups -OCH3 is 1. The summed E-state index contributed by atoms with van der Waals surface area (Å²) in [4.78, 5) is 27.2. The van der Waals surface area contributed by atoms with Gasteiger partial charge >= 0.3 is 0 Å². The fourth-order valence-corrected chi connectivity index (χ4v) is 2.99. The van der Waals surface area contributed by atoms with Gasteiger partial charge in [0, 0.05) is 17.8 Å². The van der Waals surface area contributed by atoms with E-state index in [1.807, 2.05) is 12.1 Å². The fourth-order valence-electron chi connectivity index (χ4n) is 2.99. The third-order valence-electron chi connectivity index (χ3n) is 4.32. The molecule has 0 fully saturated rings. The Balaban J connectivity index is 1.78. The molecular formula is C18H20N2O4. The zero-order valence-electron chi connectivity index (χ0n) is 13.5. The van der Waals surface area contributed by atoms with E-state index in [0.29, 0.717) is 12.0 Å². The van der Waals surface area contributed by atoms with Crippen LogP contribution in [0.15, 0.2) is 29.1 Å². The summed E-state index contributed by atoms with van der Waals surface area (Å²) in [5.41, 5.74) is 1.56. The first kappa shape index (κ1) is 16.1. The number of aromatic hydroxyl groups is 1. The van der Waals surface area contributed by atoms with Crippen LogP contribution in [-0.4, -0.2) is 23.1 Å². The normalized spacial score (nSPS) is 13.2. The van der Waals surface area contributed by atoms with Crippen molar-refractivity contribution < 1.29 is 14.6 Å². The number of carbonyl (C=O) groups is 1. The number of carbonyl (C=O) groups excluding carboxylic acids is 1. The predicted molar refractivity (Wildman–Crippen MR) is 89.5 cm³/mol. The molecule has 0 radical (unpaired) electrons. The fraction of sp³-hybridized carbons (Fsp3) is 0.333. The van der Waals surface area contributed by atoms with Gasteiger partial charge in [0.05, 0.1) is 7.11 Å². The highest BCUT2D eigenvalue weighted by Crippen LogP contribution is 2.28. The Morgan fingerprint density at radius 3 is 2.67 bits per heavy atom. The molecule has 1 heterocycles. The van der Waals surface area contributed by atoms with Gasteiger partial charge in [-0.25, -0.2) is 0 Å². The Bertz CT molecular complexity index is 809. The van der Waals surface area contributed by atoms with Gasteiger partial charge in [0.2, 0.25) is 0 Å². The molecule has 0 saturated heterocycles. The number of nitrogens with one attached hydrogen (secondary N) is 2. The van der Waals surface area contributed by atoms with Crippen LogP contribution >= 0.6 is 0 Å². The number of ether oxygens (including phenoxy) is 1. The third kappa shape index (κ3) is 3.13. The number of pyridine rings is 1. The van der Waals surface area contributed by atoms with Gasteiger partial charge in [0.25, 0.3) is 11.5 Å². The van der Waals surface area contributed by atoms with E-state index in [1.165, 1.54) is 0 Å². The van der Waals surface area contributed by atoms with E-state index in [4.69, 9.17) is 4.74 Å². The van der Waals surface area contributed by atoms with Crippen molar-refractivity contribution in [3.05, 3.63) is 57.0 Å². The number of aryl methyl sites for hydroxylation is 1. The summed E-state index contributed by atoms with van der Waals surface area (Å²) in [5, 5.41) is 13.0. The van der Waals surface area contributed by atoms with Gasteiger partial charge in [-0.3, -0.25) is 9.59 Å². The molecule has 2 aromatic rings. The van der Waals surface area contributed by atoms with Gasteiger partial charge in [-0.05, 0) is 43.4 Å². The van der Waals surface area contributed by atoms with Crippen molar-refractivity contribution >= 4 is 5.91 Å². The first-order chi connectivity index (χ1) is 11.6. The Hall–Kier alpha value is -2.76. The molecule has 1 amide bonds. The highest BCUT2D eigenvalue weighted by Gasteiger charge is 2.23. The van der Waals surface area contributed by atoms with Gasteiger partial charge < -0.3 is 20.1 Å². The molecule has 6 nitrogen and oxygen atoms in total. The lowest BCUT2D eigenvalue weighted by Gasteiger charge is -2.18. The molecule has 0 unspecified atom stereocenters. The van der Waals surface area contributed by atoms with Gasteiger partial charge in [0.1, 0.15) is 17.1 Å². The van der Waals surface area contributed by atoms with Crippen LogP contribution in [0.4, 0.5) is 0 Å². The predicted octanol–water partition coefficient (Wildman–Crippen LogP) is 1.90. The Morgan fingerprint density at radius 2 is 1.96 bits per heavy atom. The number of H-pyrrole nitrogens is 1. The lowest BCUT2D eigenvalue weighted by molar-refractivity contribution is 0.0946. The van der Waals surface area contributed by atoms with Crippen molar-refractivity contribution in [2.75, 3.05) is 7.11 Å². The van der Waals surface area contributed by atoms with E-state index in [-0.39, 0.29) is 17.9 Å². The van der Waals surface area contributed by atoms with Crippen LogP contribution in [0, 0.1) is 0 Å². The summed E-state index contributed by atoms with van der Waals surface area (Å²) in [6, 6.07) is 7.25. The van der Waals surface area contributed by atoms with Crippen LogP contribution in [0.25, 0.3) is 0 Å². The van der Waals surface area contributed by atoms with Gasteiger partial charge in [-0.1, -0.05) is 12.1 Å². The van der Waals surface area contributed by atoms with Crippen molar-refractivity contribution in [1.29, 1.82) is 0 Å². The molecule has 1 aromatic heterocycles. The minimum absolute atomic E-state index is 0.180. The summed E-state index contributed by atoms with van der Waals surface area (Å²) >= 11 is 0. The molecule has 24 heavy (non-hydrogen) atoms. The van der Waals surface area contributed by atoms with Crippen molar-refractivity contribution in [2.24, 2.45) is 0 Å². The maximum Gasteiger partial charge on any atom is 0.264 e. The molecule has 3 rings (SSSR count). The van der Waals surface area contributed by atoms with E-state index in [1.54, 1.807) is 19.2 Å². The van der Waals surface area contributed by atoms with Crippen LogP contribution in [0.5, 0.6) is 11.5 Å². The monoisotopic (exact) mass is 328 g/mol. The Morgan fingerprint density at radius 1 is 1.25 bits per heavy atom. The number of rotatable bonds is 4. The molecule has 1 aliphatic rings. The molecule has 0 bridgehead atoms. The standard InChI is InChI=1S/C18H20N2O4/c1-24-12-8-6-11(7-9-12)10-19-17(22)15-16(21)13-4-2-3-5-14(13)20-18(15)23/h6-9H,2-5,10H2,1H3,(H,19,22)(H2,20,21,23). The largest absolute Gasteiger partial charge is 0.507 e. The van der Waals surface area contributed by atoms with Gasteiger partial charge in [-0.2, -0.15) is 0 Å². The van der Waals surface area contributed by atoms with Crippen LogP contribution in [0.2, 0.25) is 0 Å². The van der Waals surface area contributed by atoms with Crippen molar-refractivity contribution in [3.63, 3.8) is 0 Å². The molecule has 6 heteroatoms. The van der Waals surface area contributed by atoms with Crippen molar-refractivity contribution in [3.8, 4) is 11.5 Å². The smallest absolute Gasteiger partial charge is 0.264 e. The molecular weight excluding hydrogens is 308 g/mol. The van der Waals surface area contributed by atoms with Gasteiger partial charge in [-0.15, -0.1) is 0 Å². The lowest BCUT2D eigenvalue weighted by Crippen LogP contribution is -2.31. The lowest BCUT2D eigenvalue weighted by atomic mass is 9.93. The highest BCUT2D eigenvalue weighted by molar-refractivity contribution is 5.96. The van der Waals surface area contributed by atoms with Crippen LogP contribution < -0.4 is 15.6 Å². The van der Waals surface area contributed by atoms with E-state index in [2.05, 4.69) is 10.3 Å². The SMILES string of the molecule is COc1ccc(CNC(=O)c2c(O)c3c([nH]c2=O)CCCC3)cc1. The second kappa shape index (κ2) is 6.78. The molecule has 0 saturated carbocycles. The summed E-state index contributed by atoms with van der Waals surface area (Å²) < 4.78 is 5.08. The quantitative estimate of drug-likeness (QED) is 0.799. The third-order valence-corrected chi connectivity index (χ3v) is 4.32. The number of benzene rings is 1. The first-order valence-electron chi connectivity index (χ1n) is 7.98. The van der Waals surface area contributed by atoms with Crippen molar-refractivity contribution in [1.82, 2.24) is 10.3 Å². The molecule has 1 aromatic carbocycles. The Kier molecular flexibility index (Phi) is 4.55. The molecule has 0 aliphatic heterocycles. The van der Waals surface area contributed by atoms with Crippen molar-refractivity contribution in [2.45, 2.75) is 32.2 Å². The number of aromatic amines is 1. The minimum Gasteiger partial charge on any atom is -0.507 e. The number of amides is 1. The topological polar surface area (TPSA) is 91.4 Å². The maximum atomic E-state index is 12.4. The van der Waals surface area contributed by atoms with E-state index >= 15 is 0 Å². The summed E-state index contributed by atoms with van der Waals surface area (Å²) in [6.07, 6.45) is 3.33. The average molecular weight is 328 g/mol. The van der Waals surface area contributed by atoms with Crippen LogP contribution in [-0.2, 0) is 19.4 Å². The zero-order chi connectivity index (χ0) is 17.1.